The lowest BCUT2D eigenvalue weighted by molar-refractivity contribution is -0.134. The first-order valence-electron chi connectivity index (χ1n) is 9.05. The van der Waals surface area contributed by atoms with Crippen molar-refractivity contribution in [3.05, 3.63) is 48.0 Å². The lowest BCUT2D eigenvalue weighted by Crippen LogP contribution is -2.45. The highest BCUT2D eigenvalue weighted by atomic mass is 16.4. The smallest absolute Gasteiger partial charge is 0.328 e. The van der Waals surface area contributed by atoms with E-state index >= 15 is 0 Å². The second kappa shape index (κ2) is 12.2. The number of carboxylic acid groups (broad SMARTS) is 2. The number of carbonyl (C=O) groups is 2. The normalized spacial score (nSPS) is 16.7. The Labute approximate surface area is 161 Å². The summed E-state index contributed by atoms with van der Waals surface area (Å²) in [7, 11) is 6.58. The molecule has 0 spiro atoms. The first kappa shape index (κ1) is 22.8. The van der Waals surface area contributed by atoms with Gasteiger partial charge in [0.05, 0.1) is 0 Å². The average molecular weight is 377 g/mol. The zero-order chi connectivity index (χ0) is 20.2. The quantitative estimate of drug-likeness (QED) is 0.699. The highest BCUT2D eigenvalue weighted by Crippen LogP contribution is 2.22. The van der Waals surface area contributed by atoms with Crippen molar-refractivity contribution in [2.45, 2.75) is 12.5 Å². The minimum Gasteiger partial charge on any atom is -0.478 e. The predicted molar refractivity (Wildman–Crippen MR) is 106 cm³/mol. The molecule has 27 heavy (non-hydrogen) atoms. The molecule has 0 radical (unpaired) electrons. The van der Waals surface area contributed by atoms with E-state index in [0.29, 0.717) is 18.2 Å². The lowest BCUT2D eigenvalue weighted by atomic mass is 10.0. The van der Waals surface area contributed by atoms with Crippen molar-refractivity contribution in [3.63, 3.8) is 0 Å². The van der Waals surface area contributed by atoms with E-state index in [2.05, 4.69) is 66.2 Å². The van der Waals surface area contributed by atoms with Gasteiger partial charge in [-0.25, -0.2) is 9.59 Å². The van der Waals surface area contributed by atoms with Gasteiger partial charge < -0.3 is 24.9 Å². The van der Waals surface area contributed by atoms with Crippen LogP contribution in [0.1, 0.15) is 18.0 Å². The first-order valence-corrected chi connectivity index (χ1v) is 9.05. The van der Waals surface area contributed by atoms with E-state index in [0.717, 1.165) is 0 Å². The van der Waals surface area contributed by atoms with Crippen LogP contribution < -0.4 is 0 Å². The van der Waals surface area contributed by atoms with Crippen LogP contribution in [0.2, 0.25) is 0 Å². The van der Waals surface area contributed by atoms with E-state index in [1.165, 1.54) is 44.7 Å². The molecule has 1 fully saturated rings. The number of hydrogen-bond donors (Lipinski definition) is 2. The molecule has 1 aromatic rings. The van der Waals surface area contributed by atoms with Crippen molar-refractivity contribution in [2.24, 2.45) is 0 Å². The minimum atomic E-state index is -1.26. The standard InChI is InChI=1S/C16H27N3.C4H4O4/c1-17(2)16(15-7-5-4-6-8-15)9-10-19-13-11-18(3)12-14-19;5-3(6)1-2-4(7)8/h4-8,16H,9-14H2,1-3H3;1-2H,(H,5,6)(H,7,8)/b;2-1-. The molecule has 2 N–H and O–H groups in total. The number of hydrogen-bond acceptors (Lipinski definition) is 5. The van der Waals surface area contributed by atoms with Gasteiger partial charge in [-0.05, 0) is 33.1 Å². The van der Waals surface area contributed by atoms with Crippen LogP contribution in [-0.2, 0) is 9.59 Å². The number of aliphatic carboxylic acids is 2. The number of carboxylic acids is 2. The largest absolute Gasteiger partial charge is 0.478 e. The molecule has 0 aromatic heterocycles. The molecule has 7 heteroatoms. The van der Waals surface area contributed by atoms with Gasteiger partial charge in [0.2, 0.25) is 0 Å². The summed E-state index contributed by atoms with van der Waals surface area (Å²) in [5.41, 5.74) is 1.43. The van der Waals surface area contributed by atoms with Crippen LogP contribution in [0.3, 0.4) is 0 Å². The molecule has 1 atom stereocenters. The fourth-order valence-electron chi connectivity index (χ4n) is 2.92. The molecule has 1 unspecified atom stereocenters. The van der Waals surface area contributed by atoms with Crippen molar-refractivity contribution in [2.75, 3.05) is 53.9 Å². The Morgan fingerprint density at radius 2 is 1.56 bits per heavy atom. The Hall–Kier alpha value is -2.22. The van der Waals surface area contributed by atoms with Crippen molar-refractivity contribution in [1.29, 1.82) is 0 Å². The fraction of sp³-hybridized carbons (Fsp3) is 0.500. The number of rotatable bonds is 7. The van der Waals surface area contributed by atoms with E-state index in [-0.39, 0.29) is 0 Å². The summed E-state index contributed by atoms with van der Waals surface area (Å²) >= 11 is 0. The summed E-state index contributed by atoms with van der Waals surface area (Å²) in [5.74, 6) is -2.51. The maximum atomic E-state index is 9.55. The number of benzene rings is 1. The third kappa shape index (κ3) is 9.89. The van der Waals surface area contributed by atoms with Gasteiger partial charge in [0.1, 0.15) is 0 Å². The van der Waals surface area contributed by atoms with Crippen molar-refractivity contribution in [3.8, 4) is 0 Å². The van der Waals surface area contributed by atoms with Gasteiger partial charge >= 0.3 is 11.9 Å². The molecule has 1 aliphatic rings. The number of nitrogens with zero attached hydrogens (tertiary/aromatic N) is 3. The first-order chi connectivity index (χ1) is 12.8. The Bertz CT molecular complexity index is 581. The summed E-state index contributed by atoms with van der Waals surface area (Å²) in [4.78, 5) is 26.5. The predicted octanol–water partition coefficient (Wildman–Crippen LogP) is 1.64. The molecule has 150 valence electrons. The topological polar surface area (TPSA) is 84.3 Å². The summed E-state index contributed by atoms with van der Waals surface area (Å²) in [6.45, 7) is 6.04. The fourth-order valence-corrected chi connectivity index (χ4v) is 2.92. The molecule has 0 saturated carbocycles. The van der Waals surface area contributed by atoms with Crippen LogP contribution in [0, 0.1) is 0 Å². The summed E-state index contributed by atoms with van der Waals surface area (Å²) in [6, 6.07) is 11.4. The molecular formula is C20H31N3O4. The van der Waals surface area contributed by atoms with Gasteiger partial charge in [-0.15, -0.1) is 0 Å². The maximum absolute atomic E-state index is 9.55. The SMILES string of the molecule is CN1CCN(CCC(c2ccccc2)N(C)C)CC1.O=C(O)/C=C\C(=O)O. The van der Waals surface area contributed by atoms with Crippen LogP contribution in [0.25, 0.3) is 0 Å². The maximum Gasteiger partial charge on any atom is 0.328 e. The summed E-state index contributed by atoms with van der Waals surface area (Å²) in [6.07, 6.45) is 2.32. The monoisotopic (exact) mass is 377 g/mol. The Morgan fingerprint density at radius 1 is 1.04 bits per heavy atom. The van der Waals surface area contributed by atoms with Crippen molar-refractivity contribution >= 4 is 11.9 Å². The van der Waals surface area contributed by atoms with E-state index in [4.69, 9.17) is 10.2 Å². The van der Waals surface area contributed by atoms with Crippen LogP contribution in [0.15, 0.2) is 42.5 Å². The average Bonchev–Trinajstić information content (AvgIpc) is 2.63. The molecule has 1 saturated heterocycles. The molecule has 0 bridgehead atoms. The van der Waals surface area contributed by atoms with Crippen LogP contribution in [0.5, 0.6) is 0 Å². The van der Waals surface area contributed by atoms with Gasteiger partial charge in [0.25, 0.3) is 0 Å². The summed E-state index contributed by atoms with van der Waals surface area (Å²) < 4.78 is 0. The third-order valence-corrected chi connectivity index (χ3v) is 4.49. The van der Waals surface area contributed by atoms with Gasteiger partial charge in [0.15, 0.2) is 0 Å². The summed E-state index contributed by atoms with van der Waals surface area (Å²) in [5, 5.41) is 15.6. The van der Waals surface area contributed by atoms with E-state index < -0.39 is 11.9 Å². The van der Waals surface area contributed by atoms with Crippen LogP contribution in [0.4, 0.5) is 0 Å². The van der Waals surface area contributed by atoms with E-state index in [1.54, 1.807) is 0 Å². The molecule has 1 aromatic carbocycles. The van der Waals surface area contributed by atoms with Crippen molar-refractivity contribution in [1.82, 2.24) is 14.7 Å². The molecule has 0 aliphatic carbocycles. The van der Waals surface area contributed by atoms with E-state index in [9.17, 15) is 9.59 Å². The zero-order valence-corrected chi connectivity index (χ0v) is 16.4. The third-order valence-electron chi connectivity index (χ3n) is 4.49. The Morgan fingerprint density at radius 3 is 2.00 bits per heavy atom. The number of likely N-dealkylation sites (N-methyl/N-ethyl adjacent to an activating group) is 1. The second-order valence-electron chi connectivity index (χ2n) is 6.83. The highest BCUT2D eigenvalue weighted by Gasteiger charge is 2.18. The lowest BCUT2D eigenvalue weighted by Gasteiger charge is -2.34. The second-order valence-corrected chi connectivity index (χ2v) is 6.83. The van der Waals surface area contributed by atoms with Gasteiger partial charge in [-0.3, -0.25) is 0 Å². The molecular weight excluding hydrogens is 346 g/mol. The molecule has 1 heterocycles. The van der Waals surface area contributed by atoms with Crippen molar-refractivity contribution < 1.29 is 19.8 Å². The molecule has 2 rings (SSSR count). The van der Waals surface area contributed by atoms with E-state index in [1.807, 2.05) is 0 Å². The molecule has 1 aliphatic heterocycles. The molecule has 0 amide bonds. The van der Waals surface area contributed by atoms with Gasteiger partial charge in [-0.1, -0.05) is 30.3 Å². The zero-order valence-electron chi connectivity index (χ0n) is 16.4. The minimum absolute atomic E-state index is 0.529. The van der Waals surface area contributed by atoms with Crippen LogP contribution in [-0.4, -0.2) is 90.7 Å². The molecule has 7 nitrogen and oxygen atoms in total. The highest BCUT2D eigenvalue weighted by molar-refractivity contribution is 5.89. The van der Waals surface area contributed by atoms with Gasteiger partial charge in [-0.2, -0.15) is 0 Å². The van der Waals surface area contributed by atoms with Crippen LogP contribution >= 0.6 is 0 Å². The number of piperazine rings is 1. The van der Waals surface area contributed by atoms with Gasteiger partial charge in [0, 0.05) is 50.9 Å². The Balaban J connectivity index is 0.000000387. The Kier molecular flexibility index (Phi) is 10.3.